The fourth-order valence-corrected chi connectivity index (χ4v) is 4.00. The third-order valence-electron chi connectivity index (χ3n) is 4.88. The molecule has 30 heavy (non-hydrogen) atoms. The normalized spacial score (nSPS) is 16.7. The fraction of sp³-hybridized carbons (Fsp3) is 0.800. The number of hydrogen-bond donors (Lipinski definition) is 2. The van der Waals surface area contributed by atoms with E-state index in [0.29, 0.717) is 12.3 Å². The molecule has 1 aliphatic rings. The topological polar surface area (TPSA) is 87.4 Å². The van der Waals surface area contributed by atoms with Gasteiger partial charge in [-0.3, -0.25) is 9.79 Å². The Hall–Kier alpha value is -1.04. The van der Waals surface area contributed by atoms with Crippen molar-refractivity contribution in [2.45, 2.75) is 71.1 Å². The summed E-state index contributed by atoms with van der Waals surface area (Å²) >= 11 is 1.64. The van der Waals surface area contributed by atoms with Gasteiger partial charge in [0.2, 0.25) is 5.91 Å². The molecule has 8 nitrogen and oxygen atoms in total. The number of rotatable bonds is 10. The highest BCUT2D eigenvalue weighted by Gasteiger charge is 2.25. The quantitative estimate of drug-likeness (QED) is 0.153. The summed E-state index contributed by atoms with van der Waals surface area (Å²) in [5.41, 5.74) is 0. The van der Waals surface area contributed by atoms with Crippen molar-refractivity contribution < 1.29 is 4.79 Å². The molecule has 0 radical (unpaired) electrons. The lowest BCUT2D eigenvalue weighted by molar-refractivity contribution is -0.129. The minimum atomic E-state index is 0. The fourth-order valence-electron chi connectivity index (χ4n) is 3.47. The number of aromatic nitrogens is 3. The summed E-state index contributed by atoms with van der Waals surface area (Å²) in [6.07, 6.45) is 5.37. The molecule has 1 atom stereocenters. The van der Waals surface area contributed by atoms with Crippen molar-refractivity contribution in [1.29, 1.82) is 0 Å². The van der Waals surface area contributed by atoms with Crippen LogP contribution < -0.4 is 10.6 Å². The summed E-state index contributed by atoms with van der Waals surface area (Å²) in [7, 11) is 0. The molecule has 0 aliphatic carbocycles. The van der Waals surface area contributed by atoms with Gasteiger partial charge in [-0.1, -0.05) is 32.5 Å². The predicted octanol–water partition coefficient (Wildman–Crippen LogP) is 2.77. The van der Waals surface area contributed by atoms with Crippen LogP contribution in [0.1, 0.15) is 52.8 Å². The number of hydrogen-bond acceptors (Lipinski definition) is 5. The summed E-state index contributed by atoms with van der Waals surface area (Å²) in [5, 5.41) is 16.5. The first kappa shape index (κ1) is 27.0. The van der Waals surface area contributed by atoms with Crippen molar-refractivity contribution in [3.8, 4) is 0 Å². The molecule has 2 rings (SSSR count). The summed E-state index contributed by atoms with van der Waals surface area (Å²) in [4.78, 5) is 18.5. The number of thioether (sulfide) groups is 1. The van der Waals surface area contributed by atoms with Crippen LogP contribution in [0.25, 0.3) is 0 Å². The highest BCUT2D eigenvalue weighted by atomic mass is 127. The van der Waals surface area contributed by atoms with Gasteiger partial charge in [0.15, 0.2) is 11.1 Å². The van der Waals surface area contributed by atoms with Gasteiger partial charge in [0.05, 0.1) is 0 Å². The molecule has 1 saturated heterocycles. The van der Waals surface area contributed by atoms with E-state index in [4.69, 9.17) is 4.99 Å². The van der Waals surface area contributed by atoms with E-state index in [1.165, 1.54) is 0 Å². The molecule has 0 bridgehead atoms. The van der Waals surface area contributed by atoms with Crippen molar-refractivity contribution in [3.63, 3.8) is 0 Å². The number of guanidine groups is 1. The van der Waals surface area contributed by atoms with Gasteiger partial charge < -0.3 is 20.1 Å². The molecule has 1 aromatic heterocycles. The molecule has 2 N–H and O–H groups in total. The van der Waals surface area contributed by atoms with E-state index in [1.807, 2.05) is 18.1 Å². The number of amides is 1. The van der Waals surface area contributed by atoms with Gasteiger partial charge in [0.25, 0.3) is 0 Å². The summed E-state index contributed by atoms with van der Waals surface area (Å²) in [6, 6.07) is 0.265. The first-order valence-corrected chi connectivity index (χ1v) is 12.0. The van der Waals surface area contributed by atoms with Crippen molar-refractivity contribution in [1.82, 2.24) is 30.3 Å². The first-order valence-electron chi connectivity index (χ1n) is 10.8. The van der Waals surface area contributed by atoms with Crippen LogP contribution in [0.4, 0.5) is 0 Å². The Balaban J connectivity index is 0.00000450. The molecule has 2 heterocycles. The molecule has 1 aromatic rings. The number of halogens is 1. The number of aryl methyl sites for hydroxylation is 1. The first-order chi connectivity index (χ1) is 14.0. The molecule has 172 valence electrons. The van der Waals surface area contributed by atoms with Crippen LogP contribution in [-0.2, 0) is 17.8 Å². The number of aliphatic imine (C=N–C) groups is 1. The van der Waals surface area contributed by atoms with E-state index in [1.54, 1.807) is 11.8 Å². The second kappa shape index (κ2) is 14.1. The zero-order valence-electron chi connectivity index (χ0n) is 19.0. The van der Waals surface area contributed by atoms with E-state index in [2.05, 4.69) is 46.2 Å². The molecule has 10 heteroatoms. The molecule has 0 saturated carbocycles. The molecule has 1 unspecified atom stereocenters. The van der Waals surface area contributed by atoms with Crippen LogP contribution in [-0.4, -0.2) is 70.0 Å². The smallest absolute Gasteiger partial charge is 0.222 e. The van der Waals surface area contributed by atoms with Gasteiger partial charge in [-0.05, 0) is 31.9 Å². The number of carbonyl (C=O) groups excluding carboxylic acids is 1. The van der Waals surface area contributed by atoms with Crippen molar-refractivity contribution in [2.24, 2.45) is 10.9 Å². The third-order valence-corrected chi connectivity index (χ3v) is 5.55. The molecular formula is C20H38IN7OS. The predicted molar refractivity (Wildman–Crippen MR) is 135 cm³/mol. The maximum absolute atomic E-state index is 11.9. The van der Waals surface area contributed by atoms with Crippen LogP contribution in [0, 0.1) is 5.92 Å². The lowest BCUT2D eigenvalue weighted by atomic mass is 10.2. The monoisotopic (exact) mass is 551 g/mol. The van der Waals surface area contributed by atoms with E-state index in [0.717, 1.165) is 68.9 Å². The highest BCUT2D eigenvalue weighted by molar-refractivity contribution is 14.0. The lowest BCUT2D eigenvalue weighted by Crippen LogP contribution is -2.45. The van der Waals surface area contributed by atoms with E-state index in [9.17, 15) is 4.79 Å². The molecule has 0 spiro atoms. The van der Waals surface area contributed by atoms with Crippen molar-refractivity contribution >= 4 is 47.6 Å². The van der Waals surface area contributed by atoms with Gasteiger partial charge >= 0.3 is 0 Å². The Labute approximate surface area is 202 Å². The average molecular weight is 552 g/mol. The maximum atomic E-state index is 11.9. The number of likely N-dealkylation sites (tertiary alicyclic amines) is 1. The molecule has 1 amide bonds. The van der Waals surface area contributed by atoms with Gasteiger partial charge in [-0.2, -0.15) is 0 Å². The standard InChI is InChI=1S/C20H37N7OS.HI/c1-6-18(28)26-12-10-16(14-26)23-19(21-7-2)22-11-8-9-17-24-25-20(29-5)27(17)13-15(3)4;/h15-16H,6-14H2,1-5H3,(H2,21,22,23);1H. The summed E-state index contributed by atoms with van der Waals surface area (Å²) in [5.74, 6) is 2.66. The highest BCUT2D eigenvalue weighted by Crippen LogP contribution is 2.17. The maximum Gasteiger partial charge on any atom is 0.222 e. The molecule has 1 fully saturated rings. The minimum absolute atomic E-state index is 0. The number of carbonyl (C=O) groups is 1. The molecular weight excluding hydrogens is 513 g/mol. The largest absolute Gasteiger partial charge is 0.357 e. The van der Waals surface area contributed by atoms with Crippen LogP contribution in [0.5, 0.6) is 0 Å². The average Bonchev–Trinajstić information content (AvgIpc) is 3.31. The van der Waals surface area contributed by atoms with Crippen molar-refractivity contribution in [3.05, 3.63) is 5.82 Å². The van der Waals surface area contributed by atoms with Gasteiger partial charge in [0, 0.05) is 51.6 Å². The van der Waals surface area contributed by atoms with E-state index >= 15 is 0 Å². The number of nitrogens with zero attached hydrogens (tertiary/aromatic N) is 5. The van der Waals surface area contributed by atoms with E-state index in [-0.39, 0.29) is 35.9 Å². The SMILES string of the molecule is CCNC(=NCCCc1nnc(SC)n1CC(C)C)NC1CCN(C(=O)CC)C1.I. The van der Waals surface area contributed by atoms with Crippen LogP contribution in [0.15, 0.2) is 10.1 Å². The van der Waals surface area contributed by atoms with Gasteiger partial charge in [-0.15, -0.1) is 34.2 Å². The Kier molecular flexibility index (Phi) is 12.7. The zero-order chi connectivity index (χ0) is 21.2. The Bertz CT molecular complexity index is 680. The zero-order valence-corrected chi connectivity index (χ0v) is 22.1. The van der Waals surface area contributed by atoms with Gasteiger partial charge in [-0.25, -0.2) is 0 Å². The lowest BCUT2D eigenvalue weighted by Gasteiger charge is -2.18. The number of nitrogens with one attached hydrogen (secondary N) is 2. The van der Waals surface area contributed by atoms with Gasteiger partial charge in [0.1, 0.15) is 5.82 Å². The Morgan fingerprint density at radius 3 is 2.73 bits per heavy atom. The Morgan fingerprint density at radius 1 is 1.33 bits per heavy atom. The van der Waals surface area contributed by atoms with Crippen LogP contribution in [0.2, 0.25) is 0 Å². The minimum Gasteiger partial charge on any atom is -0.357 e. The van der Waals surface area contributed by atoms with Crippen LogP contribution >= 0.6 is 35.7 Å². The summed E-state index contributed by atoms with van der Waals surface area (Å²) in [6.45, 7) is 12.5. The molecule has 1 aliphatic heterocycles. The van der Waals surface area contributed by atoms with Crippen LogP contribution in [0.3, 0.4) is 0 Å². The van der Waals surface area contributed by atoms with Crippen molar-refractivity contribution in [2.75, 3.05) is 32.4 Å². The second-order valence-corrected chi connectivity index (χ2v) is 8.57. The molecule has 0 aromatic carbocycles. The van der Waals surface area contributed by atoms with E-state index < -0.39 is 0 Å². The second-order valence-electron chi connectivity index (χ2n) is 7.79. The Morgan fingerprint density at radius 2 is 2.10 bits per heavy atom. The third kappa shape index (κ3) is 8.24. The summed E-state index contributed by atoms with van der Waals surface area (Å²) < 4.78 is 2.24.